The molecule has 0 aromatic carbocycles. The maximum absolute atomic E-state index is 5.42. The molecule has 17 heavy (non-hydrogen) atoms. The summed E-state index contributed by atoms with van der Waals surface area (Å²) in [6, 6.07) is 0.434. The van der Waals surface area contributed by atoms with Gasteiger partial charge in [-0.15, -0.1) is 5.10 Å². The molecule has 0 aliphatic carbocycles. The van der Waals surface area contributed by atoms with E-state index in [4.69, 9.17) is 9.15 Å². The highest BCUT2D eigenvalue weighted by Crippen LogP contribution is 2.10. The summed E-state index contributed by atoms with van der Waals surface area (Å²) < 4.78 is 10.7. The van der Waals surface area contributed by atoms with Gasteiger partial charge in [-0.25, -0.2) is 0 Å². The number of aromatic nitrogens is 2. The molecular formula is C11H22N4O2. The van der Waals surface area contributed by atoms with Crippen LogP contribution in [0.1, 0.15) is 33.1 Å². The third-order valence-corrected chi connectivity index (χ3v) is 2.39. The van der Waals surface area contributed by atoms with Crippen LogP contribution in [-0.2, 0) is 11.3 Å². The van der Waals surface area contributed by atoms with E-state index < -0.39 is 0 Å². The molecule has 1 rings (SSSR count). The third-order valence-electron chi connectivity index (χ3n) is 2.39. The van der Waals surface area contributed by atoms with Crippen molar-refractivity contribution < 1.29 is 9.15 Å². The fraction of sp³-hybridized carbons (Fsp3) is 0.818. The smallest absolute Gasteiger partial charge is 0.315 e. The van der Waals surface area contributed by atoms with Crippen molar-refractivity contribution in [2.75, 3.05) is 25.5 Å². The normalized spacial score (nSPS) is 11.8. The van der Waals surface area contributed by atoms with E-state index >= 15 is 0 Å². The number of hydrogen-bond acceptors (Lipinski definition) is 6. The van der Waals surface area contributed by atoms with Gasteiger partial charge in [-0.05, 0) is 26.8 Å². The highest BCUT2D eigenvalue weighted by molar-refractivity contribution is 5.17. The average Bonchev–Trinajstić information content (AvgIpc) is 2.75. The van der Waals surface area contributed by atoms with Crippen molar-refractivity contribution in [1.29, 1.82) is 0 Å². The molecule has 0 atom stereocenters. The largest absolute Gasteiger partial charge is 0.407 e. The Labute approximate surface area is 102 Å². The number of ether oxygens (including phenoxy) is 1. The SMILES string of the molecule is CCCNCc1nnc(NCC(C)(C)OC)o1. The van der Waals surface area contributed by atoms with Crippen LogP contribution in [0.2, 0.25) is 0 Å². The second kappa shape index (κ2) is 6.56. The summed E-state index contributed by atoms with van der Waals surface area (Å²) in [6.07, 6.45) is 1.08. The fourth-order valence-corrected chi connectivity index (χ4v) is 1.13. The molecule has 2 N–H and O–H groups in total. The number of hydrogen-bond donors (Lipinski definition) is 2. The van der Waals surface area contributed by atoms with Crippen molar-refractivity contribution in [1.82, 2.24) is 15.5 Å². The molecule has 98 valence electrons. The Kier molecular flexibility index (Phi) is 5.37. The van der Waals surface area contributed by atoms with Crippen molar-refractivity contribution in [3.05, 3.63) is 5.89 Å². The van der Waals surface area contributed by atoms with Gasteiger partial charge >= 0.3 is 6.01 Å². The molecule has 0 aliphatic rings. The minimum Gasteiger partial charge on any atom is -0.407 e. The van der Waals surface area contributed by atoms with Gasteiger partial charge in [0.2, 0.25) is 5.89 Å². The standard InChI is InChI=1S/C11H22N4O2/c1-5-6-12-7-9-14-15-10(17-9)13-8-11(2,3)16-4/h12H,5-8H2,1-4H3,(H,13,15). The van der Waals surface area contributed by atoms with Crippen molar-refractivity contribution in [3.63, 3.8) is 0 Å². The first-order valence-electron chi connectivity index (χ1n) is 5.89. The Hall–Kier alpha value is -1.14. The molecule has 1 heterocycles. The Morgan fingerprint density at radius 3 is 2.76 bits per heavy atom. The van der Waals surface area contributed by atoms with Crippen molar-refractivity contribution >= 4 is 6.01 Å². The Morgan fingerprint density at radius 1 is 1.35 bits per heavy atom. The van der Waals surface area contributed by atoms with E-state index in [0.29, 0.717) is 25.0 Å². The Morgan fingerprint density at radius 2 is 2.12 bits per heavy atom. The molecule has 6 heteroatoms. The Balaban J connectivity index is 2.35. The number of methoxy groups -OCH3 is 1. The van der Waals surface area contributed by atoms with E-state index in [9.17, 15) is 0 Å². The lowest BCUT2D eigenvalue weighted by atomic mass is 10.1. The van der Waals surface area contributed by atoms with Gasteiger partial charge in [0.15, 0.2) is 0 Å². The summed E-state index contributed by atoms with van der Waals surface area (Å²) in [5.74, 6) is 0.594. The first-order chi connectivity index (χ1) is 8.07. The van der Waals surface area contributed by atoms with E-state index in [1.54, 1.807) is 7.11 Å². The molecule has 0 amide bonds. The third kappa shape index (κ3) is 5.14. The predicted molar refractivity (Wildman–Crippen MR) is 65.9 cm³/mol. The van der Waals surface area contributed by atoms with E-state index in [0.717, 1.165) is 13.0 Å². The van der Waals surface area contributed by atoms with E-state index in [1.807, 2.05) is 13.8 Å². The summed E-state index contributed by atoms with van der Waals surface area (Å²) in [5.41, 5.74) is -0.255. The van der Waals surface area contributed by atoms with E-state index in [-0.39, 0.29) is 5.60 Å². The maximum Gasteiger partial charge on any atom is 0.315 e. The highest BCUT2D eigenvalue weighted by Gasteiger charge is 2.17. The summed E-state index contributed by atoms with van der Waals surface area (Å²) in [6.45, 7) is 8.26. The zero-order chi connectivity index (χ0) is 12.7. The van der Waals surface area contributed by atoms with Gasteiger partial charge in [0, 0.05) is 13.7 Å². The van der Waals surface area contributed by atoms with Crippen LogP contribution in [0, 0.1) is 0 Å². The molecule has 0 unspecified atom stereocenters. The summed E-state index contributed by atoms with van der Waals surface area (Å²) in [5, 5.41) is 14.1. The molecule has 0 saturated heterocycles. The van der Waals surface area contributed by atoms with Gasteiger partial charge < -0.3 is 19.8 Å². The van der Waals surface area contributed by atoms with Crippen LogP contribution in [0.25, 0.3) is 0 Å². The second-order valence-electron chi connectivity index (χ2n) is 4.50. The van der Waals surface area contributed by atoms with Gasteiger partial charge in [0.05, 0.1) is 12.1 Å². The van der Waals surface area contributed by atoms with Crippen molar-refractivity contribution in [2.45, 2.75) is 39.3 Å². The predicted octanol–water partition coefficient (Wildman–Crippen LogP) is 1.41. The van der Waals surface area contributed by atoms with Crippen LogP contribution < -0.4 is 10.6 Å². The topological polar surface area (TPSA) is 72.2 Å². The number of nitrogens with one attached hydrogen (secondary N) is 2. The summed E-state index contributed by atoms with van der Waals surface area (Å²) >= 11 is 0. The van der Waals surface area contributed by atoms with Gasteiger partial charge in [-0.3, -0.25) is 0 Å². The zero-order valence-corrected chi connectivity index (χ0v) is 11.0. The van der Waals surface area contributed by atoms with Gasteiger partial charge in [-0.1, -0.05) is 12.0 Å². The first-order valence-corrected chi connectivity index (χ1v) is 5.89. The fourth-order valence-electron chi connectivity index (χ4n) is 1.13. The molecule has 0 bridgehead atoms. The lowest BCUT2D eigenvalue weighted by molar-refractivity contribution is 0.0339. The summed E-state index contributed by atoms with van der Waals surface area (Å²) in [7, 11) is 1.68. The number of rotatable bonds is 8. The number of nitrogens with zero attached hydrogens (tertiary/aromatic N) is 2. The van der Waals surface area contributed by atoms with Crippen LogP contribution >= 0.6 is 0 Å². The van der Waals surface area contributed by atoms with Crippen LogP contribution in [0.4, 0.5) is 6.01 Å². The minimum absolute atomic E-state index is 0.255. The van der Waals surface area contributed by atoms with Gasteiger partial charge in [0.25, 0.3) is 0 Å². The minimum atomic E-state index is -0.255. The van der Waals surface area contributed by atoms with Gasteiger partial charge in [0.1, 0.15) is 0 Å². The lowest BCUT2D eigenvalue weighted by Crippen LogP contribution is -2.32. The average molecular weight is 242 g/mol. The highest BCUT2D eigenvalue weighted by atomic mass is 16.5. The molecule has 1 aromatic heterocycles. The van der Waals surface area contributed by atoms with Crippen molar-refractivity contribution in [2.24, 2.45) is 0 Å². The molecule has 0 spiro atoms. The Bertz CT molecular complexity index is 325. The zero-order valence-electron chi connectivity index (χ0n) is 11.0. The molecule has 1 aromatic rings. The molecular weight excluding hydrogens is 220 g/mol. The first kappa shape index (κ1) is 13.9. The van der Waals surface area contributed by atoms with Crippen LogP contribution in [0.15, 0.2) is 4.42 Å². The molecule has 0 fully saturated rings. The second-order valence-corrected chi connectivity index (χ2v) is 4.50. The molecule has 0 saturated carbocycles. The quantitative estimate of drug-likeness (QED) is 0.671. The van der Waals surface area contributed by atoms with Crippen LogP contribution in [0.5, 0.6) is 0 Å². The summed E-state index contributed by atoms with van der Waals surface area (Å²) in [4.78, 5) is 0. The lowest BCUT2D eigenvalue weighted by Gasteiger charge is -2.22. The van der Waals surface area contributed by atoms with Crippen LogP contribution in [-0.4, -0.2) is 36.0 Å². The van der Waals surface area contributed by atoms with E-state index in [1.165, 1.54) is 0 Å². The maximum atomic E-state index is 5.42. The van der Waals surface area contributed by atoms with E-state index in [2.05, 4.69) is 27.8 Å². The van der Waals surface area contributed by atoms with Crippen molar-refractivity contribution in [3.8, 4) is 0 Å². The molecule has 0 radical (unpaired) electrons. The van der Waals surface area contributed by atoms with Gasteiger partial charge in [-0.2, -0.15) is 0 Å². The van der Waals surface area contributed by atoms with Crippen LogP contribution in [0.3, 0.4) is 0 Å². The molecule has 0 aliphatic heterocycles. The number of anilines is 1. The monoisotopic (exact) mass is 242 g/mol. The molecule has 6 nitrogen and oxygen atoms in total.